The molecule has 0 aromatic carbocycles. The van der Waals surface area contributed by atoms with Crippen LogP contribution >= 0.6 is 0 Å². The van der Waals surface area contributed by atoms with Crippen molar-refractivity contribution in [3.05, 3.63) is 11.4 Å². The summed E-state index contributed by atoms with van der Waals surface area (Å²) >= 11 is 0. The van der Waals surface area contributed by atoms with Gasteiger partial charge in [-0.15, -0.1) is 5.10 Å². The fourth-order valence-corrected chi connectivity index (χ4v) is 3.15. The quantitative estimate of drug-likeness (QED) is 0.852. The number of rotatable bonds is 5. The largest absolute Gasteiger partial charge is 0.476 e. The summed E-state index contributed by atoms with van der Waals surface area (Å²) in [5.41, 5.74) is 0.601. The van der Waals surface area contributed by atoms with Gasteiger partial charge in [-0.1, -0.05) is 24.5 Å². The molecule has 2 aliphatic carbocycles. The Hall–Kier alpha value is -1.92. The number of nitrogens with one attached hydrogen (secondary N) is 1. The summed E-state index contributed by atoms with van der Waals surface area (Å²) in [7, 11) is 0. The van der Waals surface area contributed by atoms with E-state index in [-0.39, 0.29) is 30.1 Å². The van der Waals surface area contributed by atoms with Crippen LogP contribution in [0.2, 0.25) is 0 Å². The van der Waals surface area contributed by atoms with Crippen molar-refractivity contribution >= 4 is 11.9 Å². The van der Waals surface area contributed by atoms with Crippen molar-refractivity contribution in [2.45, 2.75) is 63.5 Å². The molecular formula is C14H20N4O3. The van der Waals surface area contributed by atoms with E-state index in [0.717, 1.165) is 44.9 Å². The molecule has 2 aliphatic rings. The lowest BCUT2D eigenvalue weighted by Crippen LogP contribution is -2.36. The first-order valence-corrected chi connectivity index (χ1v) is 7.61. The highest BCUT2D eigenvalue weighted by Gasteiger charge is 2.31. The Balaban J connectivity index is 1.71. The first-order valence-electron chi connectivity index (χ1n) is 7.61. The third-order valence-corrected chi connectivity index (χ3v) is 4.48. The molecule has 1 aromatic heterocycles. The molecule has 0 spiro atoms. The Morgan fingerprint density at radius 2 is 1.90 bits per heavy atom. The number of carbonyl (C=O) groups excluding carboxylic acids is 1. The fourth-order valence-electron chi connectivity index (χ4n) is 3.15. The minimum Gasteiger partial charge on any atom is -0.476 e. The molecular weight excluding hydrogens is 272 g/mol. The SMILES string of the molecule is O=C(Cn1nnc(C(=O)O)c1C1CCC1)NC1CCCC1. The van der Waals surface area contributed by atoms with E-state index < -0.39 is 5.97 Å². The van der Waals surface area contributed by atoms with Gasteiger partial charge in [0, 0.05) is 12.0 Å². The number of aromatic nitrogens is 3. The molecule has 1 amide bonds. The lowest BCUT2D eigenvalue weighted by molar-refractivity contribution is -0.122. The van der Waals surface area contributed by atoms with Gasteiger partial charge in [-0.2, -0.15) is 0 Å². The summed E-state index contributed by atoms with van der Waals surface area (Å²) in [4.78, 5) is 23.3. The van der Waals surface area contributed by atoms with Crippen LogP contribution in [0.15, 0.2) is 0 Å². The van der Waals surface area contributed by atoms with Gasteiger partial charge < -0.3 is 10.4 Å². The minimum atomic E-state index is -1.07. The lowest BCUT2D eigenvalue weighted by atomic mass is 9.82. The number of hydrogen-bond donors (Lipinski definition) is 2. The van der Waals surface area contributed by atoms with E-state index in [1.807, 2.05) is 0 Å². The van der Waals surface area contributed by atoms with Gasteiger partial charge in [-0.05, 0) is 25.7 Å². The first kappa shape index (κ1) is 14.0. The van der Waals surface area contributed by atoms with Crippen LogP contribution in [-0.2, 0) is 11.3 Å². The molecule has 21 heavy (non-hydrogen) atoms. The van der Waals surface area contributed by atoms with Crippen LogP contribution in [0.1, 0.15) is 67.0 Å². The average Bonchev–Trinajstić information content (AvgIpc) is 2.98. The number of amides is 1. The number of carbonyl (C=O) groups is 2. The molecule has 0 saturated heterocycles. The van der Waals surface area contributed by atoms with Gasteiger partial charge >= 0.3 is 5.97 Å². The predicted molar refractivity (Wildman–Crippen MR) is 74.0 cm³/mol. The minimum absolute atomic E-state index is 0.00614. The molecule has 7 heteroatoms. The van der Waals surface area contributed by atoms with E-state index in [2.05, 4.69) is 15.6 Å². The van der Waals surface area contributed by atoms with Crippen molar-refractivity contribution in [1.82, 2.24) is 20.3 Å². The molecule has 0 atom stereocenters. The van der Waals surface area contributed by atoms with Crippen LogP contribution in [0.3, 0.4) is 0 Å². The van der Waals surface area contributed by atoms with Crippen molar-refractivity contribution in [1.29, 1.82) is 0 Å². The third kappa shape index (κ3) is 2.91. The number of carboxylic acid groups (broad SMARTS) is 1. The smallest absolute Gasteiger partial charge is 0.358 e. The molecule has 0 radical (unpaired) electrons. The van der Waals surface area contributed by atoms with Gasteiger partial charge in [0.2, 0.25) is 5.91 Å². The highest BCUT2D eigenvalue weighted by atomic mass is 16.4. The zero-order valence-corrected chi connectivity index (χ0v) is 11.9. The Labute approximate surface area is 122 Å². The van der Waals surface area contributed by atoms with Gasteiger partial charge in [-0.3, -0.25) is 4.79 Å². The van der Waals surface area contributed by atoms with Crippen molar-refractivity contribution < 1.29 is 14.7 Å². The van der Waals surface area contributed by atoms with E-state index in [9.17, 15) is 14.7 Å². The Bertz CT molecular complexity index is 544. The zero-order chi connectivity index (χ0) is 14.8. The van der Waals surface area contributed by atoms with E-state index in [0.29, 0.717) is 5.69 Å². The van der Waals surface area contributed by atoms with Crippen LogP contribution in [0.4, 0.5) is 0 Å². The van der Waals surface area contributed by atoms with Crippen LogP contribution in [0, 0.1) is 0 Å². The number of nitrogens with zero attached hydrogens (tertiary/aromatic N) is 3. The zero-order valence-electron chi connectivity index (χ0n) is 11.9. The Morgan fingerprint density at radius 3 is 2.48 bits per heavy atom. The summed E-state index contributed by atoms with van der Waals surface area (Å²) in [5, 5.41) is 19.8. The maximum atomic E-state index is 12.1. The van der Waals surface area contributed by atoms with Gasteiger partial charge in [0.15, 0.2) is 5.69 Å². The second-order valence-corrected chi connectivity index (χ2v) is 5.96. The summed E-state index contributed by atoms with van der Waals surface area (Å²) < 4.78 is 1.47. The topological polar surface area (TPSA) is 97.1 Å². The number of hydrogen-bond acceptors (Lipinski definition) is 4. The summed E-state index contributed by atoms with van der Waals surface area (Å²) in [6.45, 7) is 0.0581. The van der Waals surface area contributed by atoms with E-state index in [4.69, 9.17) is 0 Å². The molecule has 0 unspecified atom stereocenters. The maximum Gasteiger partial charge on any atom is 0.358 e. The van der Waals surface area contributed by atoms with Gasteiger partial charge in [-0.25, -0.2) is 9.48 Å². The van der Waals surface area contributed by atoms with Crippen molar-refractivity contribution in [3.63, 3.8) is 0 Å². The van der Waals surface area contributed by atoms with E-state index >= 15 is 0 Å². The van der Waals surface area contributed by atoms with Crippen LogP contribution in [0.25, 0.3) is 0 Å². The summed E-state index contributed by atoms with van der Waals surface area (Å²) in [5.74, 6) is -1.01. The summed E-state index contributed by atoms with van der Waals surface area (Å²) in [6, 6.07) is 0.257. The van der Waals surface area contributed by atoms with Gasteiger partial charge in [0.05, 0.1) is 5.69 Å². The predicted octanol–water partition coefficient (Wildman–Crippen LogP) is 1.30. The van der Waals surface area contributed by atoms with Crippen LogP contribution in [0.5, 0.6) is 0 Å². The second kappa shape index (κ2) is 5.83. The number of carboxylic acids is 1. The molecule has 3 rings (SSSR count). The molecule has 2 fully saturated rings. The average molecular weight is 292 g/mol. The molecule has 0 bridgehead atoms. The monoisotopic (exact) mass is 292 g/mol. The second-order valence-electron chi connectivity index (χ2n) is 5.96. The van der Waals surface area contributed by atoms with Crippen LogP contribution in [-0.4, -0.2) is 38.0 Å². The third-order valence-electron chi connectivity index (χ3n) is 4.48. The molecule has 114 valence electrons. The van der Waals surface area contributed by atoms with E-state index in [1.54, 1.807) is 0 Å². The highest BCUT2D eigenvalue weighted by Crippen LogP contribution is 2.37. The highest BCUT2D eigenvalue weighted by molar-refractivity contribution is 5.87. The normalized spacial score (nSPS) is 19.4. The lowest BCUT2D eigenvalue weighted by Gasteiger charge is -2.26. The fraction of sp³-hybridized carbons (Fsp3) is 0.714. The maximum absolute atomic E-state index is 12.1. The molecule has 7 nitrogen and oxygen atoms in total. The Kier molecular flexibility index (Phi) is 3.90. The summed E-state index contributed by atoms with van der Waals surface area (Å²) in [6.07, 6.45) is 7.34. The molecule has 1 aromatic rings. The first-order chi connectivity index (χ1) is 10.1. The molecule has 1 heterocycles. The molecule has 2 N–H and O–H groups in total. The standard InChI is InChI=1S/C14H20N4O3/c19-11(15-10-6-1-2-7-10)8-18-13(9-4-3-5-9)12(14(20)21)16-17-18/h9-10H,1-8H2,(H,15,19)(H,20,21). The van der Waals surface area contributed by atoms with Crippen molar-refractivity contribution in [2.24, 2.45) is 0 Å². The van der Waals surface area contributed by atoms with Gasteiger partial charge in [0.1, 0.15) is 6.54 Å². The number of aromatic carboxylic acids is 1. The van der Waals surface area contributed by atoms with Crippen molar-refractivity contribution in [3.8, 4) is 0 Å². The van der Waals surface area contributed by atoms with Crippen LogP contribution < -0.4 is 5.32 Å². The molecule has 0 aliphatic heterocycles. The van der Waals surface area contributed by atoms with Crippen molar-refractivity contribution in [2.75, 3.05) is 0 Å². The van der Waals surface area contributed by atoms with Gasteiger partial charge in [0.25, 0.3) is 0 Å². The Morgan fingerprint density at radius 1 is 1.19 bits per heavy atom. The van der Waals surface area contributed by atoms with E-state index in [1.165, 1.54) is 4.68 Å². The molecule has 2 saturated carbocycles.